The van der Waals surface area contributed by atoms with Crippen LogP contribution >= 0.6 is 0 Å². The molecule has 1 amide bonds. The lowest BCUT2D eigenvalue weighted by Crippen LogP contribution is -2.45. The van der Waals surface area contributed by atoms with Gasteiger partial charge in [-0.05, 0) is 55.2 Å². The largest absolute Gasteiger partial charge is 0.399 e. The quantitative estimate of drug-likeness (QED) is 0.837. The number of nitrogens with two attached hydrogens (primary N) is 1. The Kier molecular flexibility index (Phi) is 3.46. The van der Waals surface area contributed by atoms with Gasteiger partial charge in [-0.15, -0.1) is 0 Å². The molecule has 2 fully saturated rings. The van der Waals surface area contributed by atoms with Crippen molar-refractivity contribution in [2.45, 2.75) is 63.8 Å². The zero-order valence-electron chi connectivity index (χ0n) is 13.1. The summed E-state index contributed by atoms with van der Waals surface area (Å²) in [6.07, 6.45) is 6.61. The van der Waals surface area contributed by atoms with Gasteiger partial charge in [-0.1, -0.05) is 32.4 Å². The highest BCUT2D eigenvalue weighted by atomic mass is 16.2. The van der Waals surface area contributed by atoms with E-state index in [-0.39, 0.29) is 11.3 Å². The lowest BCUT2D eigenvalue weighted by Gasteiger charge is -2.36. The van der Waals surface area contributed by atoms with Crippen molar-refractivity contribution in [3.05, 3.63) is 29.8 Å². The Morgan fingerprint density at radius 3 is 2.43 bits per heavy atom. The van der Waals surface area contributed by atoms with Crippen molar-refractivity contribution in [3.63, 3.8) is 0 Å². The predicted octanol–water partition coefficient (Wildman–Crippen LogP) is 3.39. The van der Waals surface area contributed by atoms with Gasteiger partial charge in [-0.25, -0.2) is 0 Å². The number of hydrogen-bond acceptors (Lipinski definition) is 2. The second-order valence-electron chi connectivity index (χ2n) is 7.64. The van der Waals surface area contributed by atoms with Crippen molar-refractivity contribution in [1.82, 2.24) is 5.32 Å². The van der Waals surface area contributed by atoms with Gasteiger partial charge >= 0.3 is 0 Å². The minimum atomic E-state index is -0.282. The fourth-order valence-corrected chi connectivity index (χ4v) is 3.72. The molecule has 1 unspecified atom stereocenters. The predicted molar refractivity (Wildman–Crippen MR) is 85.9 cm³/mol. The van der Waals surface area contributed by atoms with Crippen molar-refractivity contribution in [2.75, 3.05) is 5.73 Å². The first-order chi connectivity index (χ1) is 9.91. The number of carbonyl (C=O) groups excluding carboxylic acids is 1. The van der Waals surface area contributed by atoms with Crippen molar-refractivity contribution in [3.8, 4) is 0 Å². The van der Waals surface area contributed by atoms with Crippen molar-refractivity contribution < 1.29 is 4.79 Å². The van der Waals surface area contributed by atoms with Crippen molar-refractivity contribution in [2.24, 2.45) is 5.41 Å². The zero-order valence-corrected chi connectivity index (χ0v) is 13.1. The molecule has 2 aliphatic carbocycles. The highest BCUT2D eigenvalue weighted by molar-refractivity contribution is 5.91. The van der Waals surface area contributed by atoms with E-state index in [0.29, 0.717) is 11.5 Å². The maximum absolute atomic E-state index is 12.7. The molecule has 0 aromatic heterocycles. The Hall–Kier alpha value is -1.51. The molecule has 0 saturated heterocycles. The molecule has 21 heavy (non-hydrogen) atoms. The fourth-order valence-electron chi connectivity index (χ4n) is 3.72. The SMILES string of the molecule is CC1(C)CCCC(NC(=O)C2(c3ccc(N)cc3)CC2)C1. The second kappa shape index (κ2) is 5.04. The maximum Gasteiger partial charge on any atom is 0.230 e. The number of benzene rings is 1. The van der Waals surface area contributed by atoms with Crippen LogP contribution in [0.3, 0.4) is 0 Å². The highest BCUT2D eigenvalue weighted by Gasteiger charge is 2.51. The van der Waals surface area contributed by atoms with Gasteiger partial charge in [0.2, 0.25) is 5.91 Å². The van der Waals surface area contributed by atoms with Gasteiger partial charge in [-0.3, -0.25) is 4.79 Å². The van der Waals surface area contributed by atoms with E-state index in [4.69, 9.17) is 5.73 Å². The molecule has 0 bridgehead atoms. The Balaban J connectivity index is 1.69. The molecule has 0 aliphatic heterocycles. The first-order valence-electron chi connectivity index (χ1n) is 8.08. The number of amides is 1. The third kappa shape index (κ3) is 2.92. The second-order valence-corrected chi connectivity index (χ2v) is 7.64. The van der Waals surface area contributed by atoms with Crippen LogP contribution in [0.25, 0.3) is 0 Å². The van der Waals surface area contributed by atoms with Crippen LogP contribution in [0, 0.1) is 5.41 Å². The number of nitrogens with one attached hydrogen (secondary N) is 1. The number of rotatable bonds is 3. The van der Waals surface area contributed by atoms with Gasteiger partial charge in [0.15, 0.2) is 0 Å². The summed E-state index contributed by atoms with van der Waals surface area (Å²) in [5.74, 6) is 0.218. The van der Waals surface area contributed by atoms with E-state index in [9.17, 15) is 4.79 Å². The molecule has 2 aliphatic rings. The topological polar surface area (TPSA) is 55.1 Å². The van der Waals surface area contributed by atoms with Crippen LogP contribution in [0.5, 0.6) is 0 Å². The van der Waals surface area contributed by atoms with Crippen LogP contribution < -0.4 is 11.1 Å². The van der Waals surface area contributed by atoms with E-state index in [1.54, 1.807) is 0 Å². The summed E-state index contributed by atoms with van der Waals surface area (Å²) < 4.78 is 0. The summed E-state index contributed by atoms with van der Waals surface area (Å²) in [5, 5.41) is 3.32. The standard InChI is InChI=1S/C18H26N2O/c1-17(2)9-3-4-15(12-17)20-16(21)18(10-11-18)13-5-7-14(19)8-6-13/h5-8,15H,3-4,9-12,19H2,1-2H3,(H,20,21). The molecule has 1 atom stereocenters. The molecule has 2 saturated carbocycles. The molecule has 1 aromatic carbocycles. The molecule has 0 spiro atoms. The summed E-state index contributed by atoms with van der Waals surface area (Å²) in [4.78, 5) is 12.7. The first kappa shape index (κ1) is 14.4. The Morgan fingerprint density at radius 1 is 1.19 bits per heavy atom. The molecular weight excluding hydrogens is 260 g/mol. The normalized spacial score (nSPS) is 26.1. The number of carbonyl (C=O) groups is 1. The number of hydrogen-bond donors (Lipinski definition) is 2. The third-order valence-corrected chi connectivity index (χ3v) is 5.19. The molecule has 1 aromatic rings. The van der Waals surface area contributed by atoms with Crippen LogP contribution in [0.4, 0.5) is 5.69 Å². The van der Waals surface area contributed by atoms with E-state index < -0.39 is 0 Å². The minimum Gasteiger partial charge on any atom is -0.399 e. The Labute approximate surface area is 127 Å². The van der Waals surface area contributed by atoms with Crippen LogP contribution in [0.2, 0.25) is 0 Å². The lowest BCUT2D eigenvalue weighted by atomic mass is 9.75. The molecule has 0 radical (unpaired) electrons. The Bertz CT molecular complexity index is 529. The monoisotopic (exact) mass is 286 g/mol. The van der Waals surface area contributed by atoms with Crippen LogP contribution in [0.15, 0.2) is 24.3 Å². The fraction of sp³-hybridized carbons (Fsp3) is 0.611. The molecule has 114 valence electrons. The molecule has 3 rings (SSSR count). The molecule has 0 heterocycles. The van der Waals surface area contributed by atoms with Gasteiger partial charge < -0.3 is 11.1 Å². The van der Waals surface area contributed by atoms with E-state index in [1.807, 2.05) is 24.3 Å². The van der Waals surface area contributed by atoms with Gasteiger partial charge in [0.05, 0.1) is 5.41 Å². The van der Waals surface area contributed by atoms with Gasteiger partial charge in [-0.2, -0.15) is 0 Å². The Morgan fingerprint density at radius 2 is 1.86 bits per heavy atom. The summed E-state index contributed by atoms with van der Waals surface area (Å²) in [6.45, 7) is 4.61. The number of anilines is 1. The summed E-state index contributed by atoms with van der Waals surface area (Å²) in [5.41, 5.74) is 7.69. The van der Waals surface area contributed by atoms with Crippen molar-refractivity contribution in [1.29, 1.82) is 0 Å². The van der Waals surface area contributed by atoms with Crippen molar-refractivity contribution >= 4 is 11.6 Å². The van der Waals surface area contributed by atoms with Crippen LogP contribution in [-0.2, 0) is 10.2 Å². The van der Waals surface area contributed by atoms with Gasteiger partial charge in [0.1, 0.15) is 0 Å². The van der Waals surface area contributed by atoms with Crippen LogP contribution in [0.1, 0.15) is 57.9 Å². The summed E-state index contributed by atoms with van der Waals surface area (Å²) >= 11 is 0. The van der Waals surface area contributed by atoms with E-state index >= 15 is 0 Å². The summed E-state index contributed by atoms with van der Waals surface area (Å²) in [6, 6.07) is 8.14. The van der Waals surface area contributed by atoms with E-state index in [1.165, 1.54) is 12.8 Å². The molecule has 3 nitrogen and oxygen atoms in total. The van der Waals surface area contributed by atoms with Gasteiger partial charge in [0.25, 0.3) is 0 Å². The molecule has 3 N–H and O–H groups in total. The van der Waals surface area contributed by atoms with E-state index in [2.05, 4.69) is 19.2 Å². The average molecular weight is 286 g/mol. The third-order valence-electron chi connectivity index (χ3n) is 5.19. The van der Waals surface area contributed by atoms with Crippen LogP contribution in [-0.4, -0.2) is 11.9 Å². The molecular formula is C18H26N2O. The average Bonchev–Trinajstić information content (AvgIpc) is 3.20. The summed E-state index contributed by atoms with van der Waals surface area (Å²) in [7, 11) is 0. The first-order valence-corrected chi connectivity index (χ1v) is 8.08. The lowest BCUT2D eigenvalue weighted by molar-refractivity contribution is -0.124. The van der Waals surface area contributed by atoms with E-state index in [0.717, 1.165) is 36.9 Å². The van der Waals surface area contributed by atoms with Gasteiger partial charge in [0, 0.05) is 11.7 Å². The smallest absolute Gasteiger partial charge is 0.230 e. The molecule has 3 heteroatoms. The minimum absolute atomic E-state index is 0.218. The maximum atomic E-state index is 12.7. The number of nitrogen functional groups attached to an aromatic ring is 1. The highest BCUT2D eigenvalue weighted by Crippen LogP contribution is 2.49. The zero-order chi connectivity index (χ0) is 15.1.